The molecule has 0 saturated heterocycles. The zero-order valence-electron chi connectivity index (χ0n) is 21.2. The molecule has 4 rings (SSSR count). The Labute approximate surface area is 211 Å². The summed E-state index contributed by atoms with van der Waals surface area (Å²) >= 11 is 0. The van der Waals surface area contributed by atoms with Crippen LogP contribution >= 0.6 is 0 Å². The molecule has 186 valence electrons. The van der Waals surface area contributed by atoms with Crippen molar-refractivity contribution in [3.63, 3.8) is 0 Å². The normalized spacial score (nSPS) is 11.1. The predicted molar refractivity (Wildman–Crippen MR) is 145 cm³/mol. The highest BCUT2D eigenvalue weighted by atomic mass is 16.3. The standard InChI is InChI=1S/C30H32N2O4/c1-5-31(6-2)29(35)23-17-19-13-9-11-15-21(19)25(27(23)33)26-22-16-12-10-14-20(22)18-24(28(26)34)30(36)32(7-3)8-4/h9-18,33-34H,5-8H2,1-4H3. The van der Waals surface area contributed by atoms with Crippen molar-refractivity contribution in [3.05, 3.63) is 71.8 Å². The van der Waals surface area contributed by atoms with Gasteiger partial charge in [0.2, 0.25) is 0 Å². The molecular formula is C30H32N2O4. The number of fused-ring (bicyclic) bond motifs is 2. The molecule has 0 aliphatic heterocycles. The van der Waals surface area contributed by atoms with Crippen LogP contribution in [0.4, 0.5) is 0 Å². The number of rotatable bonds is 7. The number of nitrogens with zero attached hydrogens (tertiary/aromatic N) is 2. The molecule has 0 heterocycles. The van der Waals surface area contributed by atoms with E-state index in [1.807, 2.05) is 76.2 Å². The lowest BCUT2D eigenvalue weighted by molar-refractivity contribution is 0.0761. The van der Waals surface area contributed by atoms with E-state index in [0.29, 0.717) is 48.1 Å². The molecule has 0 unspecified atom stereocenters. The van der Waals surface area contributed by atoms with Crippen molar-refractivity contribution < 1.29 is 19.8 Å². The van der Waals surface area contributed by atoms with Crippen molar-refractivity contribution in [1.82, 2.24) is 9.80 Å². The van der Waals surface area contributed by atoms with E-state index in [9.17, 15) is 19.8 Å². The number of phenolic OH excluding ortho intramolecular Hbond substituents is 2. The van der Waals surface area contributed by atoms with Gasteiger partial charge in [0.1, 0.15) is 11.5 Å². The van der Waals surface area contributed by atoms with Crippen LogP contribution in [0.25, 0.3) is 32.7 Å². The molecule has 0 atom stereocenters. The summed E-state index contributed by atoms with van der Waals surface area (Å²) < 4.78 is 0. The SMILES string of the molecule is CCN(CC)C(=O)c1cc2ccccc2c(-c2c(O)c(C(=O)N(CC)CC)cc3ccccc23)c1O. The molecule has 0 aliphatic carbocycles. The maximum absolute atomic E-state index is 13.4. The number of carbonyl (C=O) groups excluding carboxylic acids is 2. The Bertz CT molecular complexity index is 1340. The Morgan fingerprint density at radius 2 is 0.944 bits per heavy atom. The van der Waals surface area contributed by atoms with Gasteiger partial charge in [-0.05, 0) is 61.4 Å². The quantitative estimate of drug-likeness (QED) is 0.335. The van der Waals surface area contributed by atoms with Gasteiger partial charge in [-0.25, -0.2) is 0 Å². The number of carbonyl (C=O) groups is 2. The van der Waals surface area contributed by atoms with Crippen molar-refractivity contribution in [3.8, 4) is 22.6 Å². The minimum atomic E-state index is -0.288. The van der Waals surface area contributed by atoms with Crippen molar-refractivity contribution >= 4 is 33.4 Å². The molecule has 36 heavy (non-hydrogen) atoms. The number of hydrogen-bond donors (Lipinski definition) is 2. The highest BCUT2D eigenvalue weighted by Crippen LogP contribution is 2.47. The molecule has 0 aromatic heterocycles. The van der Waals surface area contributed by atoms with Gasteiger partial charge in [0.25, 0.3) is 11.8 Å². The van der Waals surface area contributed by atoms with Crippen LogP contribution in [-0.2, 0) is 0 Å². The summed E-state index contributed by atoms with van der Waals surface area (Å²) in [5, 5.41) is 26.1. The summed E-state index contributed by atoms with van der Waals surface area (Å²) in [7, 11) is 0. The average molecular weight is 485 g/mol. The molecule has 0 radical (unpaired) electrons. The highest BCUT2D eigenvalue weighted by molar-refractivity contribution is 6.16. The molecule has 6 heteroatoms. The maximum Gasteiger partial charge on any atom is 0.257 e. The van der Waals surface area contributed by atoms with Gasteiger partial charge in [-0.2, -0.15) is 0 Å². The molecule has 0 saturated carbocycles. The Morgan fingerprint density at radius 1 is 0.611 bits per heavy atom. The van der Waals surface area contributed by atoms with Gasteiger partial charge in [-0.1, -0.05) is 48.5 Å². The first-order valence-corrected chi connectivity index (χ1v) is 12.5. The first-order valence-electron chi connectivity index (χ1n) is 12.5. The number of hydrogen-bond acceptors (Lipinski definition) is 4. The van der Waals surface area contributed by atoms with Crippen LogP contribution in [0.5, 0.6) is 11.5 Å². The molecule has 0 fully saturated rings. The summed E-state index contributed by atoms with van der Waals surface area (Å²) in [5.41, 5.74) is 1.01. The summed E-state index contributed by atoms with van der Waals surface area (Å²) in [4.78, 5) is 30.1. The zero-order chi connectivity index (χ0) is 26.0. The third kappa shape index (κ3) is 4.13. The topological polar surface area (TPSA) is 81.1 Å². The van der Waals surface area contributed by atoms with E-state index in [4.69, 9.17) is 0 Å². The summed E-state index contributed by atoms with van der Waals surface area (Å²) in [6, 6.07) is 18.3. The van der Waals surface area contributed by atoms with Gasteiger partial charge in [-0.15, -0.1) is 0 Å². The van der Waals surface area contributed by atoms with Crippen LogP contribution in [0, 0.1) is 0 Å². The molecule has 4 aromatic carbocycles. The van der Waals surface area contributed by atoms with Gasteiger partial charge >= 0.3 is 0 Å². The lowest BCUT2D eigenvalue weighted by Crippen LogP contribution is -2.30. The number of benzene rings is 4. The van der Waals surface area contributed by atoms with Crippen LogP contribution in [0.3, 0.4) is 0 Å². The van der Waals surface area contributed by atoms with E-state index in [0.717, 1.165) is 10.8 Å². The highest BCUT2D eigenvalue weighted by Gasteiger charge is 2.28. The van der Waals surface area contributed by atoms with Gasteiger partial charge in [0.15, 0.2) is 0 Å². The predicted octanol–water partition coefficient (Wildman–Crippen LogP) is 6.04. The van der Waals surface area contributed by atoms with Crippen LogP contribution in [0.2, 0.25) is 0 Å². The number of amides is 2. The number of aromatic hydroxyl groups is 2. The second-order valence-corrected chi connectivity index (χ2v) is 8.69. The lowest BCUT2D eigenvalue weighted by atomic mass is 9.88. The fourth-order valence-electron chi connectivity index (χ4n) is 4.87. The van der Waals surface area contributed by atoms with E-state index in [2.05, 4.69) is 0 Å². The Kier molecular flexibility index (Phi) is 7.15. The van der Waals surface area contributed by atoms with Gasteiger partial charge < -0.3 is 20.0 Å². The maximum atomic E-state index is 13.4. The average Bonchev–Trinajstić information content (AvgIpc) is 2.90. The van der Waals surface area contributed by atoms with Crippen molar-refractivity contribution in [2.75, 3.05) is 26.2 Å². The van der Waals surface area contributed by atoms with E-state index < -0.39 is 0 Å². The molecular weight excluding hydrogens is 452 g/mol. The van der Waals surface area contributed by atoms with Crippen LogP contribution in [0.1, 0.15) is 48.4 Å². The molecule has 0 aliphatic rings. The molecule has 0 spiro atoms. The smallest absolute Gasteiger partial charge is 0.257 e. The summed E-state index contributed by atoms with van der Waals surface area (Å²) in [6.45, 7) is 9.56. The monoisotopic (exact) mass is 484 g/mol. The third-order valence-corrected chi connectivity index (χ3v) is 6.86. The molecule has 2 N–H and O–H groups in total. The first kappa shape index (κ1) is 25.0. The lowest BCUT2D eigenvalue weighted by Gasteiger charge is -2.23. The fraction of sp³-hybridized carbons (Fsp3) is 0.267. The van der Waals surface area contributed by atoms with Gasteiger partial charge in [0.05, 0.1) is 11.1 Å². The minimum Gasteiger partial charge on any atom is -0.506 e. The molecule has 6 nitrogen and oxygen atoms in total. The Balaban J connectivity index is 2.14. The van der Waals surface area contributed by atoms with Gasteiger partial charge in [-0.3, -0.25) is 9.59 Å². The van der Waals surface area contributed by atoms with Crippen LogP contribution < -0.4 is 0 Å². The summed E-state index contributed by atoms with van der Waals surface area (Å²) in [5.74, 6) is -0.996. The zero-order valence-corrected chi connectivity index (χ0v) is 21.2. The van der Waals surface area contributed by atoms with Crippen molar-refractivity contribution in [2.45, 2.75) is 27.7 Å². The Morgan fingerprint density at radius 3 is 1.28 bits per heavy atom. The van der Waals surface area contributed by atoms with E-state index in [1.165, 1.54) is 0 Å². The largest absolute Gasteiger partial charge is 0.506 e. The first-order chi connectivity index (χ1) is 17.4. The molecule has 0 bridgehead atoms. The minimum absolute atomic E-state index is 0.163. The van der Waals surface area contributed by atoms with E-state index in [-0.39, 0.29) is 34.4 Å². The number of phenols is 2. The van der Waals surface area contributed by atoms with Crippen LogP contribution in [-0.4, -0.2) is 58.0 Å². The molecule has 4 aromatic rings. The second-order valence-electron chi connectivity index (χ2n) is 8.69. The fourth-order valence-corrected chi connectivity index (χ4v) is 4.87. The molecule has 2 amide bonds. The van der Waals surface area contributed by atoms with E-state index in [1.54, 1.807) is 21.9 Å². The summed E-state index contributed by atoms with van der Waals surface area (Å²) in [6.07, 6.45) is 0. The Hall–Kier alpha value is -4.06. The van der Waals surface area contributed by atoms with Crippen molar-refractivity contribution in [1.29, 1.82) is 0 Å². The van der Waals surface area contributed by atoms with Crippen molar-refractivity contribution in [2.24, 2.45) is 0 Å². The van der Waals surface area contributed by atoms with E-state index >= 15 is 0 Å². The van der Waals surface area contributed by atoms with Crippen LogP contribution in [0.15, 0.2) is 60.7 Å². The third-order valence-electron chi connectivity index (χ3n) is 6.86. The second kappa shape index (κ2) is 10.3. The van der Waals surface area contributed by atoms with Gasteiger partial charge in [0, 0.05) is 37.3 Å².